The van der Waals surface area contributed by atoms with E-state index in [9.17, 15) is 9.90 Å². The third-order valence-corrected chi connectivity index (χ3v) is 2.73. The maximum Gasteiger partial charge on any atom is 0.224 e. The van der Waals surface area contributed by atoms with Gasteiger partial charge in [0.25, 0.3) is 0 Å². The standard InChI is InChI=1S/C12H24N2O3/c1-12(2,16)10-13(3)5-4-11(15)14-6-8-17-9-7-14/h16H,4-10H2,1-3H3. The summed E-state index contributed by atoms with van der Waals surface area (Å²) >= 11 is 0. The van der Waals surface area contributed by atoms with Crippen LogP contribution in [0.3, 0.4) is 0 Å². The first-order valence-corrected chi connectivity index (χ1v) is 6.15. The first-order valence-electron chi connectivity index (χ1n) is 6.15. The van der Waals surface area contributed by atoms with Gasteiger partial charge in [-0.1, -0.05) is 0 Å². The average Bonchev–Trinajstić information content (AvgIpc) is 2.25. The highest BCUT2D eigenvalue weighted by atomic mass is 16.5. The predicted octanol–water partition coefficient (Wildman–Crippen LogP) is -0.0620. The van der Waals surface area contributed by atoms with Gasteiger partial charge in [-0.3, -0.25) is 4.79 Å². The van der Waals surface area contributed by atoms with Crippen molar-refractivity contribution in [2.45, 2.75) is 25.9 Å². The van der Waals surface area contributed by atoms with Gasteiger partial charge < -0.3 is 19.6 Å². The number of aliphatic hydroxyl groups is 1. The molecule has 0 spiro atoms. The normalized spacial score (nSPS) is 17.6. The highest BCUT2D eigenvalue weighted by Crippen LogP contribution is 2.05. The molecular formula is C12H24N2O3. The number of carbonyl (C=O) groups excluding carboxylic acids is 1. The maximum atomic E-state index is 11.8. The van der Waals surface area contributed by atoms with Crippen LogP contribution in [0.25, 0.3) is 0 Å². The molecular weight excluding hydrogens is 220 g/mol. The van der Waals surface area contributed by atoms with Gasteiger partial charge in [-0.05, 0) is 20.9 Å². The van der Waals surface area contributed by atoms with E-state index in [1.165, 1.54) is 0 Å². The fourth-order valence-electron chi connectivity index (χ4n) is 2.00. The molecule has 0 unspecified atom stereocenters. The molecule has 0 radical (unpaired) electrons. The lowest BCUT2D eigenvalue weighted by Gasteiger charge is -2.29. The summed E-state index contributed by atoms with van der Waals surface area (Å²) in [7, 11) is 1.92. The Kier molecular flexibility index (Phi) is 5.36. The summed E-state index contributed by atoms with van der Waals surface area (Å²) in [6, 6.07) is 0. The van der Waals surface area contributed by atoms with Crippen LogP contribution in [-0.4, -0.2) is 72.9 Å². The molecule has 5 nitrogen and oxygen atoms in total. The van der Waals surface area contributed by atoms with Crippen LogP contribution in [0.5, 0.6) is 0 Å². The van der Waals surface area contributed by atoms with Crippen LogP contribution in [0.1, 0.15) is 20.3 Å². The van der Waals surface area contributed by atoms with E-state index in [4.69, 9.17) is 4.74 Å². The van der Waals surface area contributed by atoms with Crippen molar-refractivity contribution in [2.24, 2.45) is 0 Å². The van der Waals surface area contributed by atoms with Gasteiger partial charge in [-0.2, -0.15) is 0 Å². The fraction of sp³-hybridized carbons (Fsp3) is 0.917. The molecule has 0 bridgehead atoms. The van der Waals surface area contributed by atoms with Crippen molar-refractivity contribution in [1.82, 2.24) is 9.80 Å². The number of morpholine rings is 1. The van der Waals surface area contributed by atoms with Gasteiger partial charge in [0, 0.05) is 32.6 Å². The van der Waals surface area contributed by atoms with Crippen LogP contribution >= 0.6 is 0 Å². The first kappa shape index (κ1) is 14.4. The summed E-state index contributed by atoms with van der Waals surface area (Å²) < 4.78 is 5.20. The molecule has 1 amide bonds. The van der Waals surface area contributed by atoms with Gasteiger partial charge in [0.1, 0.15) is 0 Å². The van der Waals surface area contributed by atoms with E-state index in [2.05, 4.69) is 0 Å². The molecule has 1 aliphatic heterocycles. The Morgan fingerprint density at radius 2 is 2.00 bits per heavy atom. The van der Waals surface area contributed by atoms with Gasteiger partial charge in [-0.15, -0.1) is 0 Å². The quantitative estimate of drug-likeness (QED) is 0.736. The van der Waals surface area contributed by atoms with Crippen LogP contribution in [0, 0.1) is 0 Å². The third kappa shape index (κ3) is 6.00. The second kappa shape index (κ2) is 6.33. The van der Waals surface area contributed by atoms with E-state index in [-0.39, 0.29) is 5.91 Å². The van der Waals surface area contributed by atoms with Gasteiger partial charge in [0.05, 0.1) is 18.8 Å². The van der Waals surface area contributed by atoms with Crippen molar-refractivity contribution in [3.63, 3.8) is 0 Å². The zero-order valence-electron chi connectivity index (χ0n) is 11.1. The van der Waals surface area contributed by atoms with Crippen LogP contribution < -0.4 is 0 Å². The summed E-state index contributed by atoms with van der Waals surface area (Å²) in [5.74, 6) is 0.177. The number of nitrogens with zero attached hydrogens (tertiary/aromatic N) is 2. The zero-order valence-corrected chi connectivity index (χ0v) is 11.1. The number of hydrogen-bond donors (Lipinski definition) is 1. The number of ether oxygens (including phenoxy) is 1. The fourth-order valence-corrected chi connectivity index (χ4v) is 2.00. The third-order valence-electron chi connectivity index (χ3n) is 2.73. The highest BCUT2D eigenvalue weighted by molar-refractivity contribution is 5.76. The maximum absolute atomic E-state index is 11.8. The van der Waals surface area contributed by atoms with Crippen LogP contribution in [0.15, 0.2) is 0 Å². The predicted molar refractivity (Wildman–Crippen MR) is 65.8 cm³/mol. The number of carbonyl (C=O) groups is 1. The molecule has 0 aromatic rings. The van der Waals surface area contributed by atoms with Crippen molar-refractivity contribution >= 4 is 5.91 Å². The summed E-state index contributed by atoms with van der Waals surface area (Å²) in [6.45, 7) is 7.49. The lowest BCUT2D eigenvalue weighted by atomic mass is 10.1. The summed E-state index contributed by atoms with van der Waals surface area (Å²) in [4.78, 5) is 15.7. The second-order valence-corrected chi connectivity index (χ2v) is 5.29. The molecule has 0 aromatic heterocycles. The number of amides is 1. The van der Waals surface area contributed by atoms with E-state index in [1.807, 2.05) is 16.8 Å². The van der Waals surface area contributed by atoms with E-state index in [1.54, 1.807) is 13.8 Å². The Bertz CT molecular complexity index is 245. The number of hydrogen-bond acceptors (Lipinski definition) is 4. The largest absolute Gasteiger partial charge is 0.389 e. The Morgan fingerprint density at radius 3 is 2.53 bits per heavy atom. The van der Waals surface area contributed by atoms with Gasteiger partial charge >= 0.3 is 0 Å². The molecule has 1 N–H and O–H groups in total. The molecule has 1 aliphatic rings. The van der Waals surface area contributed by atoms with E-state index < -0.39 is 5.60 Å². The van der Waals surface area contributed by atoms with Crippen molar-refractivity contribution in [2.75, 3.05) is 46.4 Å². The Hall–Kier alpha value is -0.650. The smallest absolute Gasteiger partial charge is 0.224 e. The van der Waals surface area contributed by atoms with E-state index in [0.717, 1.165) is 0 Å². The molecule has 0 aromatic carbocycles. The van der Waals surface area contributed by atoms with Crippen molar-refractivity contribution in [3.8, 4) is 0 Å². The average molecular weight is 244 g/mol. The number of rotatable bonds is 5. The summed E-state index contributed by atoms with van der Waals surface area (Å²) in [5, 5.41) is 9.65. The molecule has 0 aliphatic carbocycles. The van der Waals surface area contributed by atoms with E-state index in [0.29, 0.717) is 45.8 Å². The molecule has 0 saturated carbocycles. The summed E-state index contributed by atoms with van der Waals surface area (Å²) in [5.41, 5.74) is -0.712. The minimum absolute atomic E-state index is 0.177. The molecule has 5 heteroatoms. The number of likely N-dealkylation sites (N-methyl/N-ethyl adjacent to an activating group) is 1. The molecule has 1 saturated heterocycles. The zero-order chi connectivity index (χ0) is 12.9. The SMILES string of the molecule is CN(CCC(=O)N1CCOCC1)CC(C)(C)O. The van der Waals surface area contributed by atoms with Gasteiger partial charge in [-0.25, -0.2) is 0 Å². The van der Waals surface area contributed by atoms with Crippen molar-refractivity contribution in [3.05, 3.63) is 0 Å². The molecule has 17 heavy (non-hydrogen) atoms. The minimum Gasteiger partial charge on any atom is -0.389 e. The van der Waals surface area contributed by atoms with Crippen LogP contribution in [-0.2, 0) is 9.53 Å². The summed E-state index contributed by atoms with van der Waals surface area (Å²) in [6.07, 6.45) is 0.507. The van der Waals surface area contributed by atoms with Gasteiger partial charge in [0.2, 0.25) is 5.91 Å². The minimum atomic E-state index is -0.712. The van der Waals surface area contributed by atoms with Gasteiger partial charge in [0.15, 0.2) is 0 Å². The van der Waals surface area contributed by atoms with Crippen LogP contribution in [0.4, 0.5) is 0 Å². The van der Waals surface area contributed by atoms with Crippen molar-refractivity contribution < 1.29 is 14.6 Å². The molecule has 100 valence electrons. The molecule has 0 atom stereocenters. The van der Waals surface area contributed by atoms with E-state index >= 15 is 0 Å². The molecule has 1 rings (SSSR count). The first-order chi connectivity index (χ1) is 7.88. The highest BCUT2D eigenvalue weighted by Gasteiger charge is 2.19. The lowest BCUT2D eigenvalue weighted by Crippen LogP contribution is -2.43. The van der Waals surface area contributed by atoms with Crippen LogP contribution in [0.2, 0.25) is 0 Å². The van der Waals surface area contributed by atoms with Crippen molar-refractivity contribution in [1.29, 1.82) is 0 Å². The topological polar surface area (TPSA) is 53.0 Å². The molecule has 1 heterocycles. The Labute approximate surface area is 103 Å². The Balaban J connectivity index is 2.22. The lowest BCUT2D eigenvalue weighted by molar-refractivity contribution is -0.135. The molecule has 1 fully saturated rings. The Morgan fingerprint density at radius 1 is 1.41 bits per heavy atom. The monoisotopic (exact) mass is 244 g/mol. The second-order valence-electron chi connectivity index (χ2n) is 5.29.